The Morgan fingerprint density at radius 2 is 1.62 bits per heavy atom. The van der Waals surface area contributed by atoms with Crippen molar-refractivity contribution in [3.63, 3.8) is 0 Å². The Balaban J connectivity index is 1.21. The first kappa shape index (κ1) is 26.2. The van der Waals surface area contributed by atoms with Crippen molar-refractivity contribution in [3.05, 3.63) is 89.7 Å². The minimum Gasteiger partial charge on any atom is -0.465 e. The third-order valence-electron chi connectivity index (χ3n) is 7.70. The number of carbonyl (C=O) groups is 3. The van der Waals surface area contributed by atoms with Crippen molar-refractivity contribution in [3.8, 4) is 11.1 Å². The Hall–Kier alpha value is -4.40. The van der Waals surface area contributed by atoms with E-state index in [1.165, 1.54) is 4.90 Å². The number of amides is 3. The summed E-state index contributed by atoms with van der Waals surface area (Å²) in [5.41, 5.74) is 4.64. The van der Waals surface area contributed by atoms with Gasteiger partial charge in [0, 0.05) is 42.9 Å². The zero-order chi connectivity index (χ0) is 27.4. The molecule has 9 heteroatoms. The number of nitrogens with one attached hydrogen (secondary N) is 2. The summed E-state index contributed by atoms with van der Waals surface area (Å²) in [6.07, 6.45) is 1.40. The SMILES string of the molecule is C[C@@H](NC(=O)OCC1c2ccccc2-c2ccccc21)C(=O)NC1(Cc2ccccn2)CCN(C(=O)O)CC1. The lowest BCUT2D eigenvalue weighted by Crippen LogP contribution is -2.60. The lowest BCUT2D eigenvalue weighted by Gasteiger charge is -2.42. The summed E-state index contributed by atoms with van der Waals surface area (Å²) >= 11 is 0. The molecule has 1 aliphatic carbocycles. The number of hydrogen-bond acceptors (Lipinski definition) is 5. The highest BCUT2D eigenvalue weighted by molar-refractivity contribution is 5.86. The van der Waals surface area contributed by atoms with E-state index in [4.69, 9.17) is 4.74 Å². The van der Waals surface area contributed by atoms with E-state index >= 15 is 0 Å². The van der Waals surface area contributed by atoms with Gasteiger partial charge in [0.05, 0.1) is 0 Å². The molecule has 1 atom stereocenters. The number of fused-ring (bicyclic) bond motifs is 3. The van der Waals surface area contributed by atoms with Crippen LogP contribution in [-0.4, -0.2) is 64.4 Å². The normalized spacial score (nSPS) is 16.5. The molecule has 3 N–H and O–H groups in total. The Bertz CT molecular complexity index is 1310. The van der Waals surface area contributed by atoms with Gasteiger partial charge in [-0.1, -0.05) is 54.6 Å². The van der Waals surface area contributed by atoms with Crippen LogP contribution in [0, 0.1) is 0 Å². The number of rotatable bonds is 7. The van der Waals surface area contributed by atoms with Gasteiger partial charge in [0.2, 0.25) is 5.91 Å². The van der Waals surface area contributed by atoms with Crippen LogP contribution < -0.4 is 10.6 Å². The average molecular weight is 529 g/mol. The quantitative estimate of drug-likeness (QED) is 0.423. The number of pyridine rings is 1. The fourth-order valence-electron chi connectivity index (χ4n) is 5.57. The number of benzene rings is 2. The summed E-state index contributed by atoms with van der Waals surface area (Å²) in [6.45, 7) is 2.37. The second-order valence-electron chi connectivity index (χ2n) is 10.2. The highest BCUT2D eigenvalue weighted by atomic mass is 16.5. The molecule has 3 aromatic rings. The Labute approximate surface area is 227 Å². The van der Waals surface area contributed by atoms with Crippen molar-refractivity contribution in [2.45, 2.75) is 43.7 Å². The summed E-state index contributed by atoms with van der Waals surface area (Å²) in [6, 6.07) is 20.9. The molecule has 2 aromatic carbocycles. The molecule has 39 heavy (non-hydrogen) atoms. The van der Waals surface area contributed by atoms with Gasteiger partial charge in [-0.25, -0.2) is 9.59 Å². The zero-order valence-electron chi connectivity index (χ0n) is 21.8. The van der Waals surface area contributed by atoms with E-state index in [1.54, 1.807) is 13.1 Å². The first-order valence-corrected chi connectivity index (χ1v) is 13.2. The Morgan fingerprint density at radius 3 is 2.21 bits per heavy atom. The number of ether oxygens (including phenoxy) is 1. The Morgan fingerprint density at radius 1 is 1.00 bits per heavy atom. The maximum Gasteiger partial charge on any atom is 0.407 e. The molecule has 0 bridgehead atoms. The van der Waals surface area contributed by atoms with Gasteiger partial charge in [-0.05, 0) is 54.2 Å². The van der Waals surface area contributed by atoms with E-state index in [-0.39, 0.29) is 18.4 Å². The van der Waals surface area contributed by atoms with E-state index in [0.717, 1.165) is 27.9 Å². The number of piperidine rings is 1. The second kappa shape index (κ2) is 11.1. The molecule has 0 saturated carbocycles. The number of likely N-dealkylation sites (tertiary alicyclic amines) is 1. The van der Waals surface area contributed by atoms with E-state index in [1.807, 2.05) is 54.6 Å². The summed E-state index contributed by atoms with van der Waals surface area (Å²) < 4.78 is 5.60. The molecule has 1 fully saturated rings. The minimum absolute atomic E-state index is 0.0756. The molecule has 0 spiro atoms. The van der Waals surface area contributed by atoms with Gasteiger partial charge in [0.25, 0.3) is 0 Å². The number of carboxylic acid groups (broad SMARTS) is 1. The number of aromatic nitrogens is 1. The lowest BCUT2D eigenvalue weighted by atomic mass is 9.82. The predicted octanol–water partition coefficient (Wildman–Crippen LogP) is 4.18. The first-order valence-electron chi connectivity index (χ1n) is 13.2. The highest BCUT2D eigenvalue weighted by Gasteiger charge is 2.39. The van der Waals surface area contributed by atoms with Gasteiger partial charge >= 0.3 is 12.2 Å². The lowest BCUT2D eigenvalue weighted by molar-refractivity contribution is -0.125. The molecule has 1 aliphatic heterocycles. The average Bonchev–Trinajstić information content (AvgIpc) is 3.26. The molecule has 2 aliphatic rings. The van der Waals surface area contributed by atoms with Crippen LogP contribution in [0.3, 0.4) is 0 Å². The van der Waals surface area contributed by atoms with E-state index in [0.29, 0.717) is 32.4 Å². The standard InChI is InChI=1S/C30H32N4O5/c1-20(27(35)33-30(18-21-8-6-7-15-31-21)13-16-34(17-14-30)29(37)38)32-28(36)39-19-26-24-11-4-2-9-22(24)23-10-3-5-12-25(23)26/h2-12,15,20,26H,13-14,16-19H2,1H3,(H,32,36)(H,33,35)(H,37,38)/t20-/m1/s1. The molecule has 5 rings (SSSR count). The van der Waals surface area contributed by atoms with Crippen LogP contribution in [0.1, 0.15) is 42.5 Å². The van der Waals surface area contributed by atoms with Crippen molar-refractivity contribution in [1.82, 2.24) is 20.5 Å². The van der Waals surface area contributed by atoms with Gasteiger partial charge < -0.3 is 25.4 Å². The third-order valence-corrected chi connectivity index (χ3v) is 7.70. The topological polar surface area (TPSA) is 121 Å². The number of alkyl carbamates (subject to hydrolysis) is 1. The van der Waals surface area contributed by atoms with Gasteiger partial charge in [0.1, 0.15) is 12.6 Å². The van der Waals surface area contributed by atoms with Crippen LogP contribution in [-0.2, 0) is 16.0 Å². The molecule has 3 amide bonds. The largest absolute Gasteiger partial charge is 0.465 e. The molecule has 0 radical (unpaired) electrons. The predicted molar refractivity (Wildman–Crippen MR) is 145 cm³/mol. The van der Waals surface area contributed by atoms with E-state index < -0.39 is 23.8 Å². The van der Waals surface area contributed by atoms with Crippen molar-refractivity contribution >= 4 is 18.1 Å². The molecule has 202 valence electrons. The maximum absolute atomic E-state index is 13.2. The number of carbonyl (C=O) groups excluding carboxylic acids is 2. The molecular weight excluding hydrogens is 496 g/mol. The van der Waals surface area contributed by atoms with Crippen LogP contribution in [0.2, 0.25) is 0 Å². The fraction of sp³-hybridized carbons (Fsp3) is 0.333. The first-order chi connectivity index (χ1) is 18.8. The van der Waals surface area contributed by atoms with Crippen LogP contribution >= 0.6 is 0 Å². The summed E-state index contributed by atoms with van der Waals surface area (Å²) in [7, 11) is 0. The zero-order valence-corrected chi connectivity index (χ0v) is 21.8. The molecule has 2 heterocycles. The van der Waals surface area contributed by atoms with Gasteiger partial charge in [0.15, 0.2) is 0 Å². The van der Waals surface area contributed by atoms with Gasteiger partial charge in [-0.2, -0.15) is 0 Å². The molecule has 9 nitrogen and oxygen atoms in total. The molecule has 1 aromatic heterocycles. The smallest absolute Gasteiger partial charge is 0.407 e. The highest BCUT2D eigenvalue weighted by Crippen LogP contribution is 2.44. The van der Waals surface area contributed by atoms with Crippen LogP contribution in [0.25, 0.3) is 11.1 Å². The fourth-order valence-corrected chi connectivity index (χ4v) is 5.57. The van der Waals surface area contributed by atoms with Crippen molar-refractivity contribution < 1.29 is 24.2 Å². The second-order valence-corrected chi connectivity index (χ2v) is 10.2. The number of hydrogen-bond donors (Lipinski definition) is 3. The maximum atomic E-state index is 13.2. The van der Waals surface area contributed by atoms with Gasteiger partial charge in [-0.15, -0.1) is 0 Å². The Kier molecular flexibility index (Phi) is 7.49. The van der Waals surface area contributed by atoms with Gasteiger partial charge in [-0.3, -0.25) is 9.78 Å². The number of nitrogens with zero attached hydrogens (tertiary/aromatic N) is 2. The van der Waals surface area contributed by atoms with Crippen LogP contribution in [0.4, 0.5) is 9.59 Å². The molecular formula is C30H32N4O5. The third kappa shape index (κ3) is 5.72. The monoisotopic (exact) mass is 528 g/mol. The van der Waals surface area contributed by atoms with Crippen LogP contribution in [0.15, 0.2) is 72.9 Å². The van der Waals surface area contributed by atoms with E-state index in [9.17, 15) is 19.5 Å². The van der Waals surface area contributed by atoms with E-state index in [2.05, 4.69) is 27.8 Å². The minimum atomic E-state index is -0.974. The van der Waals surface area contributed by atoms with Crippen molar-refractivity contribution in [2.75, 3.05) is 19.7 Å². The summed E-state index contributed by atoms with van der Waals surface area (Å²) in [4.78, 5) is 43.1. The summed E-state index contributed by atoms with van der Waals surface area (Å²) in [5, 5.41) is 15.1. The van der Waals surface area contributed by atoms with Crippen molar-refractivity contribution in [1.29, 1.82) is 0 Å². The summed E-state index contributed by atoms with van der Waals surface area (Å²) in [5.74, 6) is -0.434. The molecule has 1 saturated heterocycles. The van der Waals surface area contributed by atoms with Crippen LogP contribution in [0.5, 0.6) is 0 Å². The van der Waals surface area contributed by atoms with Crippen molar-refractivity contribution in [2.24, 2.45) is 0 Å². The molecule has 0 unspecified atom stereocenters.